The van der Waals surface area contributed by atoms with Gasteiger partial charge in [-0.2, -0.15) is 0 Å². The monoisotopic (exact) mass is 571 g/mol. The Hall–Kier alpha value is -4.66. The molecule has 222 valence electrons. The lowest BCUT2D eigenvalue weighted by atomic mass is 10.0. The number of amides is 4. The lowest BCUT2D eigenvalue weighted by Crippen LogP contribution is -2.57. The zero-order valence-electron chi connectivity index (χ0n) is 22.5. The predicted molar refractivity (Wildman–Crippen MR) is 150 cm³/mol. The number of carbonyl (C=O) groups excluding carboxylic acids is 4. The molecule has 4 unspecified atom stereocenters. The van der Waals surface area contributed by atoms with Gasteiger partial charge in [-0.15, -0.1) is 0 Å². The molecule has 0 spiro atoms. The molecule has 15 nitrogen and oxygen atoms in total. The highest BCUT2D eigenvalue weighted by Crippen LogP contribution is 2.23. The normalized spacial score (nSPS) is 16.9. The third kappa shape index (κ3) is 8.41. The Bertz CT molecular complexity index is 1310. The SMILES string of the molecule is NC(=O)CC(N)C(=O)NC(CCCN=C(N)N)C(=O)NC(Cc1c[nH]c2ccccc12)C(=O)N1CCCC1C(=O)O. The number of aliphatic imine (C=N–C) groups is 1. The van der Waals surface area contributed by atoms with E-state index in [1.54, 1.807) is 6.20 Å². The summed E-state index contributed by atoms with van der Waals surface area (Å²) in [7, 11) is 0. The summed E-state index contributed by atoms with van der Waals surface area (Å²) in [4.78, 5) is 71.2. The van der Waals surface area contributed by atoms with Gasteiger partial charge in [0.2, 0.25) is 23.6 Å². The van der Waals surface area contributed by atoms with Crippen LogP contribution in [0.3, 0.4) is 0 Å². The van der Waals surface area contributed by atoms with Crippen LogP contribution in [0.2, 0.25) is 0 Å². The van der Waals surface area contributed by atoms with Crippen LogP contribution in [0.1, 0.15) is 37.7 Å². The summed E-state index contributed by atoms with van der Waals surface area (Å²) in [6, 6.07) is 2.83. The number of aromatic amines is 1. The number of H-pyrrole nitrogens is 1. The molecule has 1 aliphatic heterocycles. The fourth-order valence-electron chi connectivity index (χ4n) is 4.84. The number of hydrogen-bond donors (Lipinski definition) is 8. The second kappa shape index (κ2) is 14.1. The molecule has 0 bridgehead atoms. The van der Waals surface area contributed by atoms with Crippen molar-refractivity contribution < 1.29 is 29.1 Å². The lowest BCUT2D eigenvalue weighted by Gasteiger charge is -2.29. The van der Waals surface area contributed by atoms with Gasteiger partial charge >= 0.3 is 5.97 Å². The second-order valence-corrected chi connectivity index (χ2v) is 9.94. The molecule has 3 rings (SSSR count). The van der Waals surface area contributed by atoms with Gasteiger partial charge in [-0.1, -0.05) is 18.2 Å². The van der Waals surface area contributed by atoms with E-state index in [1.807, 2.05) is 24.3 Å². The average Bonchev–Trinajstić information content (AvgIpc) is 3.57. The largest absolute Gasteiger partial charge is 0.480 e. The number of para-hydroxylation sites is 1. The number of carbonyl (C=O) groups is 5. The number of carboxylic acids is 1. The van der Waals surface area contributed by atoms with Crippen molar-refractivity contribution in [2.45, 2.75) is 62.7 Å². The minimum absolute atomic E-state index is 0.0628. The highest BCUT2D eigenvalue weighted by Gasteiger charge is 2.38. The molecule has 1 fully saturated rings. The minimum Gasteiger partial charge on any atom is -0.480 e. The molecule has 4 atom stereocenters. The Kier molecular flexibility index (Phi) is 10.6. The molecule has 1 aromatic heterocycles. The number of likely N-dealkylation sites (tertiary alicyclic amines) is 1. The van der Waals surface area contributed by atoms with E-state index in [-0.39, 0.29) is 38.3 Å². The maximum atomic E-state index is 13.7. The molecule has 12 N–H and O–H groups in total. The van der Waals surface area contributed by atoms with Crippen LogP contribution < -0.4 is 33.6 Å². The lowest BCUT2D eigenvalue weighted by molar-refractivity contribution is -0.149. The molecule has 2 heterocycles. The number of nitrogens with two attached hydrogens (primary N) is 4. The number of guanidine groups is 1. The zero-order valence-corrected chi connectivity index (χ0v) is 22.5. The van der Waals surface area contributed by atoms with E-state index in [0.29, 0.717) is 12.8 Å². The van der Waals surface area contributed by atoms with Gasteiger partial charge in [-0.3, -0.25) is 24.2 Å². The number of aromatic nitrogens is 1. The topological polar surface area (TPSA) is 265 Å². The molecule has 1 saturated heterocycles. The summed E-state index contributed by atoms with van der Waals surface area (Å²) < 4.78 is 0. The molecule has 1 aliphatic rings. The predicted octanol–water partition coefficient (Wildman–Crippen LogP) is -1.99. The van der Waals surface area contributed by atoms with Crippen LogP contribution in [0.15, 0.2) is 35.5 Å². The maximum Gasteiger partial charge on any atom is 0.326 e. The van der Waals surface area contributed by atoms with Gasteiger partial charge in [0, 0.05) is 36.6 Å². The minimum atomic E-state index is -1.29. The Morgan fingerprint density at radius 3 is 2.46 bits per heavy atom. The second-order valence-electron chi connectivity index (χ2n) is 9.94. The van der Waals surface area contributed by atoms with Gasteiger partial charge in [-0.25, -0.2) is 4.79 Å². The number of hydrogen-bond acceptors (Lipinski definition) is 7. The third-order valence-electron chi connectivity index (χ3n) is 6.87. The van der Waals surface area contributed by atoms with E-state index in [2.05, 4.69) is 20.6 Å². The number of fused-ring (bicyclic) bond motifs is 1. The van der Waals surface area contributed by atoms with Crippen LogP contribution in [-0.4, -0.2) is 87.8 Å². The highest BCUT2D eigenvalue weighted by molar-refractivity contribution is 5.95. The van der Waals surface area contributed by atoms with Crippen molar-refractivity contribution in [2.24, 2.45) is 27.9 Å². The van der Waals surface area contributed by atoms with Crippen LogP contribution >= 0.6 is 0 Å². The number of nitrogens with zero attached hydrogens (tertiary/aromatic N) is 2. The number of aliphatic carboxylic acids is 1. The van der Waals surface area contributed by atoms with E-state index in [9.17, 15) is 29.1 Å². The van der Waals surface area contributed by atoms with Gasteiger partial charge in [0.05, 0.1) is 12.5 Å². The van der Waals surface area contributed by atoms with Crippen molar-refractivity contribution >= 4 is 46.5 Å². The van der Waals surface area contributed by atoms with Crippen molar-refractivity contribution in [3.8, 4) is 0 Å². The smallest absolute Gasteiger partial charge is 0.326 e. The average molecular weight is 572 g/mol. The molecule has 2 aromatic rings. The first-order valence-electron chi connectivity index (χ1n) is 13.3. The molecule has 4 amide bonds. The number of nitrogens with one attached hydrogen (secondary N) is 3. The summed E-state index contributed by atoms with van der Waals surface area (Å²) in [5.41, 5.74) is 23.2. The number of rotatable bonds is 14. The fourth-order valence-corrected chi connectivity index (χ4v) is 4.84. The summed E-state index contributed by atoms with van der Waals surface area (Å²) in [5, 5.41) is 15.7. The van der Waals surface area contributed by atoms with Crippen LogP contribution in [0.4, 0.5) is 0 Å². The first-order valence-corrected chi connectivity index (χ1v) is 13.3. The molecule has 41 heavy (non-hydrogen) atoms. The number of benzene rings is 1. The summed E-state index contributed by atoms with van der Waals surface area (Å²) >= 11 is 0. The zero-order chi connectivity index (χ0) is 30.1. The Morgan fingerprint density at radius 2 is 1.78 bits per heavy atom. The molecular formula is C26H37N9O6. The summed E-state index contributed by atoms with van der Waals surface area (Å²) in [6.45, 7) is 0.401. The summed E-state index contributed by atoms with van der Waals surface area (Å²) in [6.07, 6.45) is 2.54. The molecule has 15 heteroatoms. The third-order valence-corrected chi connectivity index (χ3v) is 6.87. The van der Waals surface area contributed by atoms with Crippen LogP contribution in [0.25, 0.3) is 10.9 Å². The van der Waals surface area contributed by atoms with Gasteiger partial charge < -0.3 is 48.6 Å². The van der Waals surface area contributed by atoms with Crippen molar-refractivity contribution in [2.75, 3.05) is 13.1 Å². The Labute approximate surface area is 236 Å². The van der Waals surface area contributed by atoms with Crippen LogP contribution in [0.5, 0.6) is 0 Å². The Morgan fingerprint density at radius 1 is 1.07 bits per heavy atom. The van der Waals surface area contributed by atoms with Gasteiger partial charge in [0.1, 0.15) is 18.1 Å². The van der Waals surface area contributed by atoms with Gasteiger partial charge in [0.25, 0.3) is 0 Å². The van der Waals surface area contributed by atoms with Crippen molar-refractivity contribution in [1.29, 1.82) is 0 Å². The Balaban J connectivity index is 1.86. The summed E-state index contributed by atoms with van der Waals surface area (Å²) in [5.74, 6) is -4.08. The fraction of sp³-hybridized carbons (Fsp3) is 0.462. The standard InChI is InChI=1S/C26H37N9O6/c27-16(12-21(28)36)22(37)33-18(7-3-9-31-26(29)30)23(38)34-19(24(39)35-10-4-8-20(35)25(40)41)11-14-13-32-17-6-2-1-5-15(14)17/h1-2,5-6,13,16,18-20,32H,3-4,7-12,27H2,(H2,28,36)(H,33,37)(H,34,38)(H,40,41)(H4,29,30,31). The highest BCUT2D eigenvalue weighted by atomic mass is 16.4. The van der Waals surface area contributed by atoms with Gasteiger partial charge in [0.15, 0.2) is 5.96 Å². The van der Waals surface area contributed by atoms with E-state index < -0.39 is 60.2 Å². The quantitative estimate of drug-likeness (QED) is 0.0707. The van der Waals surface area contributed by atoms with Crippen molar-refractivity contribution in [3.63, 3.8) is 0 Å². The molecular weight excluding hydrogens is 534 g/mol. The van der Waals surface area contributed by atoms with Crippen molar-refractivity contribution in [1.82, 2.24) is 20.5 Å². The van der Waals surface area contributed by atoms with E-state index in [1.165, 1.54) is 4.90 Å². The first-order chi connectivity index (χ1) is 19.5. The molecule has 0 aliphatic carbocycles. The number of primary amides is 1. The van der Waals surface area contributed by atoms with E-state index >= 15 is 0 Å². The molecule has 0 saturated carbocycles. The van der Waals surface area contributed by atoms with Crippen molar-refractivity contribution in [3.05, 3.63) is 36.0 Å². The van der Waals surface area contributed by atoms with Crippen LogP contribution in [-0.2, 0) is 30.4 Å². The molecule has 1 aromatic carbocycles. The van der Waals surface area contributed by atoms with E-state index in [4.69, 9.17) is 22.9 Å². The first kappa shape index (κ1) is 30.9. The van der Waals surface area contributed by atoms with E-state index in [0.717, 1.165) is 16.5 Å². The maximum absolute atomic E-state index is 13.7. The number of carboxylic acid groups (broad SMARTS) is 1. The molecule has 0 radical (unpaired) electrons. The van der Waals surface area contributed by atoms with Gasteiger partial charge in [-0.05, 0) is 37.3 Å². The van der Waals surface area contributed by atoms with Crippen LogP contribution in [0, 0.1) is 0 Å².